The molecule has 188 valence electrons. The number of carbonyl (C=O) groups is 1. The Morgan fingerprint density at radius 1 is 1.11 bits per heavy atom. The van der Waals surface area contributed by atoms with Crippen LogP contribution in [0.4, 0.5) is 0 Å². The summed E-state index contributed by atoms with van der Waals surface area (Å²) in [6, 6.07) is 9.34. The molecule has 4 unspecified atom stereocenters. The maximum Gasteiger partial charge on any atom is 0.228 e. The van der Waals surface area contributed by atoms with Crippen LogP contribution in [0.1, 0.15) is 90.4 Å². The number of nitrogens with one attached hydrogen (secondary N) is 1. The molecule has 0 radical (unpaired) electrons. The van der Waals surface area contributed by atoms with Gasteiger partial charge in [-0.1, -0.05) is 43.5 Å². The molecule has 4 aliphatic rings. The third-order valence-corrected chi connectivity index (χ3v) is 11.0. The largest absolute Gasteiger partial charge is 0.339 e. The summed E-state index contributed by atoms with van der Waals surface area (Å²) in [5, 5.41) is 4.83. The molecule has 2 aromatic rings. The molecule has 2 aliphatic heterocycles. The first-order chi connectivity index (χ1) is 17.1. The van der Waals surface area contributed by atoms with E-state index in [4.69, 9.17) is 4.98 Å². The molecule has 1 aromatic heterocycles. The van der Waals surface area contributed by atoms with E-state index in [1.807, 2.05) is 11.3 Å². The normalized spacial score (nSPS) is 31.6. The van der Waals surface area contributed by atoms with Crippen LogP contribution in [-0.2, 0) is 16.6 Å². The second-order valence-corrected chi connectivity index (χ2v) is 13.0. The number of aromatic nitrogens is 1. The average molecular weight is 492 g/mol. The van der Waals surface area contributed by atoms with E-state index in [1.165, 1.54) is 53.8 Å². The highest BCUT2D eigenvalue weighted by atomic mass is 32.1. The number of nitrogens with zero attached hydrogens (tertiary/aromatic N) is 2. The zero-order valence-corrected chi connectivity index (χ0v) is 22.3. The van der Waals surface area contributed by atoms with Crippen LogP contribution in [0.5, 0.6) is 0 Å². The fourth-order valence-electron chi connectivity index (χ4n) is 8.06. The van der Waals surface area contributed by atoms with Gasteiger partial charge in [-0.25, -0.2) is 4.98 Å². The molecular weight excluding hydrogens is 450 g/mol. The highest BCUT2D eigenvalue weighted by Crippen LogP contribution is 2.49. The zero-order valence-electron chi connectivity index (χ0n) is 21.5. The average Bonchev–Trinajstić information content (AvgIpc) is 3.48. The predicted octanol–water partition coefficient (Wildman–Crippen LogP) is 5.91. The molecular formula is C30H41N3OS. The van der Waals surface area contributed by atoms with Gasteiger partial charge in [-0.05, 0) is 81.8 Å². The third kappa shape index (κ3) is 4.17. The minimum absolute atomic E-state index is 0.0411. The van der Waals surface area contributed by atoms with Crippen LogP contribution in [0.2, 0.25) is 0 Å². The number of amides is 1. The topological polar surface area (TPSA) is 45.2 Å². The molecule has 2 aliphatic carbocycles. The van der Waals surface area contributed by atoms with Gasteiger partial charge in [0.2, 0.25) is 5.91 Å². The quantitative estimate of drug-likeness (QED) is 0.581. The highest BCUT2D eigenvalue weighted by Gasteiger charge is 2.53. The lowest BCUT2D eigenvalue weighted by atomic mass is 9.68. The summed E-state index contributed by atoms with van der Waals surface area (Å²) in [7, 11) is 0. The fraction of sp³-hybridized carbons (Fsp3) is 0.667. The Bertz CT molecular complexity index is 1070. The predicted molar refractivity (Wildman–Crippen MR) is 143 cm³/mol. The first-order valence-corrected chi connectivity index (χ1v) is 14.9. The van der Waals surface area contributed by atoms with Crippen molar-refractivity contribution in [2.24, 2.45) is 11.8 Å². The summed E-state index contributed by atoms with van der Waals surface area (Å²) in [6.07, 6.45) is 12.2. The lowest BCUT2D eigenvalue weighted by Crippen LogP contribution is -2.55. The third-order valence-electron chi connectivity index (χ3n) is 9.80. The highest BCUT2D eigenvalue weighted by molar-refractivity contribution is 7.11. The molecule has 3 fully saturated rings. The Labute approximate surface area is 214 Å². The number of fused-ring (bicyclic) bond motifs is 2. The van der Waals surface area contributed by atoms with Crippen LogP contribution in [-0.4, -0.2) is 41.5 Å². The van der Waals surface area contributed by atoms with E-state index >= 15 is 0 Å². The van der Waals surface area contributed by atoms with Crippen molar-refractivity contribution in [3.63, 3.8) is 0 Å². The van der Waals surface area contributed by atoms with Crippen molar-refractivity contribution >= 4 is 17.2 Å². The van der Waals surface area contributed by atoms with E-state index in [9.17, 15) is 4.79 Å². The monoisotopic (exact) mass is 491 g/mol. The Morgan fingerprint density at radius 2 is 1.94 bits per heavy atom. The number of likely N-dealkylation sites (tertiary alicyclic amines) is 1. The molecule has 1 N–H and O–H groups in total. The number of hydrogen-bond acceptors (Lipinski definition) is 4. The van der Waals surface area contributed by atoms with E-state index in [2.05, 4.69) is 48.3 Å². The SMILES string of the molecule is Cc1nc2c(s1)C1(CCC2)CNCC1C(=O)N1CCC(c2ccccc2C)CC1C1CCCCC1. The Kier molecular flexibility index (Phi) is 6.51. The van der Waals surface area contributed by atoms with Crippen molar-refractivity contribution in [1.82, 2.24) is 15.2 Å². The molecule has 0 bridgehead atoms. The van der Waals surface area contributed by atoms with Crippen molar-refractivity contribution < 1.29 is 4.79 Å². The number of carbonyl (C=O) groups excluding carboxylic acids is 1. The number of thiazole rings is 1. The van der Waals surface area contributed by atoms with E-state index < -0.39 is 0 Å². The Morgan fingerprint density at radius 3 is 2.77 bits per heavy atom. The van der Waals surface area contributed by atoms with Crippen LogP contribution >= 0.6 is 11.3 Å². The number of piperidine rings is 1. The standard InChI is InChI=1S/C30H41N3OS/c1-20-9-6-7-12-24(20)23-14-16-33(27(17-23)22-10-4-3-5-11-22)29(34)25-18-31-19-30(25)15-8-13-26-28(30)35-21(2)32-26/h6-7,9,12,22-23,25,27,31H,3-5,8,10-11,13-19H2,1-2H3. The first kappa shape index (κ1) is 23.7. The molecule has 6 rings (SSSR count). The van der Waals surface area contributed by atoms with Crippen molar-refractivity contribution in [2.45, 2.75) is 95.4 Å². The zero-order chi connectivity index (χ0) is 24.0. The lowest BCUT2D eigenvalue weighted by Gasteiger charge is -2.47. The van der Waals surface area contributed by atoms with Gasteiger partial charge in [-0.3, -0.25) is 4.79 Å². The van der Waals surface area contributed by atoms with Crippen molar-refractivity contribution in [2.75, 3.05) is 19.6 Å². The molecule has 4 nitrogen and oxygen atoms in total. The Hall–Kier alpha value is -1.72. The summed E-state index contributed by atoms with van der Waals surface area (Å²) in [6.45, 7) is 7.07. The van der Waals surface area contributed by atoms with Crippen LogP contribution in [0.15, 0.2) is 24.3 Å². The van der Waals surface area contributed by atoms with Gasteiger partial charge in [-0.2, -0.15) is 0 Å². The lowest BCUT2D eigenvalue weighted by molar-refractivity contribution is -0.143. The molecule has 2 saturated heterocycles. The van der Waals surface area contributed by atoms with Gasteiger partial charge in [0.1, 0.15) is 0 Å². The maximum atomic E-state index is 14.5. The molecule has 3 heterocycles. The molecule has 4 atom stereocenters. The van der Waals surface area contributed by atoms with Crippen molar-refractivity contribution in [3.05, 3.63) is 51.0 Å². The van der Waals surface area contributed by atoms with Gasteiger partial charge < -0.3 is 10.2 Å². The van der Waals surface area contributed by atoms with E-state index in [1.54, 1.807) is 0 Å². The van der Waals surface area contributed by atoms with Crippen LogP contribution in [0.25, 0.3) is 0 Å². The molecule has 1 saturated carbocycles. The van der Waals surface area contributed by atoms with Gasteiger partial charge >= 0.3 is 0 Å². The molecule has 35 heavy (non-hydrogen) atoms. The van der Waals surface area contributed by atoms with E-state index in [0.29, 0.717) is 23.8 Å². The number of rotatable bonds is 3. The molecule has 5 heteroatoms. The number of benzene rings is 1. The van der Waals surface area contributed by atoms with Crippen LogP contribution < -0.4 is 5.32 Å². The second kappa shape index (κ2) is 9.63. The summed E-state index contributed by atoms with van der Waals surface area (Å²) >= 11 is 1.86. The van der Waals surface area contributed by atoms with Gasteiger partial charge in [0.15, 0.2) is 0 Å². The minimum Gasteiger partial charge on any atom is -0.339 e. The van der Waals surface area contributed by atoms with Crippen LogP contribution in [0.3, 0.4) is 0 Å². The molecule has 1 aromatic carbocycles. The summed E-state index contributed by atoms with van der Waals surface area (Å²) < 4.78 is 0. The van der Waals surface area contributed by atoms with E-state index in [-0.39, 0.29) is 11.3 Å². The fourth-order valence-corrected chi connectivity index (χ4v) is 9.30. The van der Waals surface area contributed by atoms with Gasteiger partial charge in [0.25, 0.3) is 0 Å². The summed E-state index contributed by atoms with van der Waals surface area (Å²) in [5.41, 5.74) is 4.16. The minimum atomic E-state index is -0.0411. The van der Waals surface area contributed by atoms with Gasteiger partial charge in [-0.15, -0.1) is 11.3 Å². The van der Waals surface area contributed by atoms with Crippen molar-refractivity contribution in [3.8, 4) is 0 Å². The molecule has 1 amide bonds. The van der Waals surface area contributed by atoms with Crippen molar-refractivity contribution in [1.29, 1.82) is 0 Å². The van der Waals surface area contributed by atoms with Gasteiger partial charge in [0.05, 0.1) is 16.6 Å². The van der Waals surface area contributed by atoms with Crippen LogP contribution in [0, 0.1) is 25.7 Å². The summed E-state index contributed by atoms with van der Waals surface area (Å²) in [5.74, 6) is 1.74. The van der Waals surface area contributed by atoms with E-state index in [0.717, 1.165) is 56.7 Å². The maximum absolute atomic E-state index is 14.5. The second-order valence-electron chi connectivity index (χ2n) is 11.8. The number of aryl methyl sites for hydroxylation is 3. The first-order valence-electron chi connectivity index (χ1n) is 14.1. The smallest absolute Gasteiger partial charge is 0.228 e. The summed E-state index contributed by atoms with van der Waals surface area (Å²) in [4.78, 5) is 23.2. The number of hydrogen-bond donors (Lipinski definition) is 1. The molecule has 1 spiro atoms. The van der Waals surface area contributed by atoms with Gasteiger partial charge in [0, 0.05) is 36.0 Å². The Balaban J connectivity index is 1.30.